The number of ether oxygens (including phenoxy) is 3. The van der Waals surface area contributed by atoms with E-state index in [0.717, 1.165) is 44.7 Å². The van der Waals surface area contributed by atoms with E-state index in [9.17, 15) is 4.79 Å². The number of amides is 1. The van der Waals surface area contributed by atoms with Crippen LogP contribution in [-0.4, -0.2) is 71.4 Å². The van der Waals surface area contributed by atoms with Gasteiger partial charge in [-0.25, -0.2) is 0 Å². The maximum absolute atomic E-state index is 12.3. The van der Waals surface area contributed by atoms with Gasteiger partial charge < -0.3 is 24.4 Å². The summed E-state index contributed by atoms with van der Waals surface area (Å²) in [6, 6.07) is 14.4. The van der Waals surface area contributed by atoms with E-state index in [2.05, 4.69) is 45.4 Å². The van der Waals surface area contributed by atoms with Crippen LogP contribution in [-0.2, 0) is 11.2 Å². The molecule has 1 N–H and O–H groups in total. The van der Waals surface area contributed by atoms with Gasteiger partial charge in [-0.3, -0.25) is 9.69 Å². The minimum atomic E-state index is 0.0626. The Labute approximate surface area is 191 Å². The fourth-order valence-electron chi connectivity index (χ4n) is 4.02. The van der Waals surface area contributed by atoms with E-state index in [1.807, 2.05) is 12.1 Å². The second kappa shape index (κ2) is 12.2. The first-order chi connectivity index (χ1) is 15.6. The number of para-hydroxylation sites is 1. The van der Waals surface area contributed by atoms with Gasteiger partial charge in [0.2, 0.25) is 11.7 Å². The number of aryl methyl sites for hydroxylation is 1. The van der Waals surface area contributed by atoms with Crippen LogP contribution in [0.15, 0.2) is 42.5 Å². The van der Waals surface area contributed by atoms with E-state index in [4.69, 9.17) is 14.2 Å². The van der Waals surface area contributed by atoms with Crippen molar-refractivity contribution < 1.29 is 19.0 Å². The second-order valence-corrected chi connectivity index (χ2v) is 7.90. The molecule has 1 amide bonds. The highest BCUT2D eigenvalue weighted by molar-refractivity contribution is 5.76. The zero-order valence-electron chi connectivity index (χ0n) is 19.4. The number of carbonyl (C=O) groups excluding carboxylic acids is 1. The van der Waals surface area contributed by atoms with Crippen molar-refractivity contribution in [1.82, 2.24) is 10.2 Å². The van der Waals surface area contributed by atoms with Crippen molar-refractivity contribution >= 4 is 11.6 Å². The summed E-state index contributed by atoms with van der Waals surface area (Å²) in [5, 5.41) is 3.04. The van der Waals surface area contributed by atoms with Gasteiger partial charge in [0, 0.05) is 44.8 Å². The van der Waals surface area contributed by atoms with Crippen molar-refractivity contribution in [2.24, 2.45) is 0 Å². The summed E-state index contributed by atoms with van der Waals surface area (Å²) in [5.41, 5.74) is 2.28. The summed E-state index contributed by atoms with van der Waals surface area (Å²) in [5.74, 6) is 1.84. The topological polar surface area (TPSA) is 63.3 Å². The van der Waals surface area contributed by atoms with Gasteiger partial charge in [0.15, 0.2) is 11.5 Å². The summed E-state index contributed by atoms with van der Waals surface area (Å²) >= 11 is 0. The number of benzene rings is 2. The first-order valence-electron chi connectivity index (χ1n) is 11.2. The van der Waals surface area contributed by atoms with Gasteiger partial charge >= 0.3 is 0 Å². The Kier molecular flexibility index (Phi) is 9.04. The summed E-state index contributed by atoms with van der Waals surface area (Å²) in [6.07, 6.45) is 2.00. The summed E-state index contributed by atoms with van der Waals surface area (Å²) in [6.45, 7) is 5.92. The quantitative estimate of drug-likeness (QED) is 0.541. The van der Waals surface area contributed by atoms with Gasteiger partial charge in [-0.1, -0.05) is 18.2 Å². The van der Waals surface area contributed by atoms with Crippen LogP contribution >= 0.6 is 0 Å². The summed E-state index contributed by atoms with van der Waals surface area (Å²) in [7, 11) is 4.77. The number of rotatable bonds is 11. The third kappa shape index (κ3) is 6.53. The predicted octanol–water partition coefficient (Wildman–Crippen LogP) is 2.97. The predicted molar refractivity (Wildman–Crippen MR) is 127 cm³/mol. The van der Waals surface area contributed by atoms with Crippen LogP contribution in [0.5, 0.6) is 17.2 Å². The van der Waals surface area contributed by atoms with Crippen LogP contribution in [0.4, 0.5) is 5.69 Å². The summed E-state index contributed by atoms with van der Waals surface area (Å²) < 4.78 is 16.1. The molecule has 7 nitrogen and oxygen atoms in total. The van der Waals surface area contributed by atoms with Gasteiger partial charge in [0.05, 0.1) is 21.3 Å². The number of anilines is 1. The van der Waals surface area contributed by atoms with E-state index >= 15 is 0 Å². The van der Waals surface area contributed by atoms with Crippen molar-refractivity contribution in [3.05, 3.63) is 48.0 Å². The molecule has 1 heterocycles. The highest BCUT2D eigenvalue weighted by Gasteiger charge is 2.17. The zero-order valence-corrected chi connectivity index (χ0v) is 19.4. The van der Waals surface area contributed by atoms with Gasteiger partial charge in [-0.2, -0.15) is 0 Å². The molecule has 0 unspecified atom stereocenters. The molecule has 7 heteroatoms. The standard InChI is InChI=1S/C25H35N3O4/c1-30-22-18-20(19-23(31-2)25(22)32-3)10-11-24(29)26-12-7-13-27-14-16-28(17-15-27)21-8-5-4-6-9-21/h4-6,8-9,18-19H,7,10-17H2,1-3H3,(H,26,29). The average molecular weight is 442 g/mol. The molecular weight excluding hydrogens is 406 g/mol. The molecule has 1 aliphatic heterocycles. The number of nitrogens with zero attached hydrogens (tertiary/aromatic N) is 2. The van der Waals surface area contributed by atoms with Gasteiger partial charge in [0.1, 0.15) is 0 Å². The first kappa shape index (κ1) is 23.7. The highest BCUT2D eigenvalue weighted by Crippen LogP contribution is 2.38. The number of carbonyl (C=O) groups is 1. The van der Waals surface area contributed by atoms with Crippen LogP contribution in [0.25, 0.3) is 0 Å². The molecule has 0 atom stereocenters. The van der Waals surface area contributed by atoms with Crippen molar-refractivity contribution in [3.63, 3.8) is 0 Å². The monoisotopic (exact) mass is 441 g/mol. The van der Waals surface area contributed by atoms with Gasteiger partial charge in [-0.15, -0.1) is 0 Å². The van der Waals surface area contributed by atoms with Crippen LogP contribution in [0.1, 0.15) is 18.4 Å². The zero-order chi connectivity index (χ0) is 22.8. The largest absolute Gasteiger partial charge is 0.493 e. The first-order valence-corrected chi connectivity index (χ1v) is 11.2. The molecule has 2 aromatic carbocycles. The molecule has 1 fully saturated rings. The normalized spacial score (nSPS) is 14.2. The van der Waals surface area contributed by atoms with E-state index in [-0.39, 0.29) is 5.91 Å². The number of methoxy groups -OCH3 is 3. The van der Waals surface area contributed by atoms with Crippen LogP contribution in [0, 0.1) is 0 Å². The van der Waals surface area contributed by atoms with Crippen molar-refractivity contribution in [3.8, 4) is 17.2 Å². The lowest BCUT2D eigenvalue weighted by molar-refractivity contribution is -0.121. The molecule has 0 aromatic heterocycles. The lowest BCUT2D eigenvalue weighted by atomic mass is 10.1. The maximum atomic E-state index is 12.3. The third-order valence-electron chi connectivity index (χ3n) is 5.83. The SMILES string of the molecule is COc1cc(CCC(=O)NCCCN2CCN(c3ccccc3)CC2)cc(OC)c1OC. The number of hydrogen-bond donors (Lipinski definition) is 1. The van der Waals surface area contributed by atoms with Crippen molar-refractivity contribution in [2.75, 3.05) is 65.5 Å². The van der Waals surface area contributed by atoms with Crippen molar-refractivity contribution in [1.29, 1.82) is 0 Å². The Morgan fingerprint density at radius 1 is 0.938 bits per heavy atom. The fraction of sp³-hybridized carbons (Fsp3) is 0.480. The molecule has 3 rings (SSSR count). The fourth-order valence-corrected chi connectivity index (χ4v) is 4.02. The molecule has 174 valence electrons. The molecule has 0 aliphatic carbocycles. The molecule has 0 saturated carbocycles. The van der Waals surface area contributed by atoms with Crippen molar-refractivity contribution in [2.45, 2.75) is 19.3 Å². The van der Waals surface area contributed by atoms with Crippen LogP contribution < -0.4 is 24.4 Å². The lowest BCUT2D eigenvalue weighted by Gasteiger charge is -2.36. The molecule has 0 radical (unpaired) electrons. The van der Waals surface area contributed by atoms with E-state index < -0.39 is 0 Å². The maximum Gasteiger partial charge on any atom is 0.220 e. The number of nitrogens with one attached hydrogen (secondary N) is 1. The summed E-state index contributed by atoms with van der Waals surface area (Å²) in [4.78, 5) is 17.2. The molecular formula is C25H35N3O4. The highest BCUT2D eigenvalue weighted by atomic mass is 16.5. The Morgan fingerprint density at radius 2 is 1.59 bits per heavy atom. The van der Waals surface area contributed by atoms with E-state index in [1.54, 1.807) is 21.3 Å². The van der Waals surface area contributed by atoms with E-state index in [0.29, 0.717) is 36.6 Å². The molecule has 0 bridgehead atoms. The Morgan fingerprint density at radius 3 is 2.19 bits per heavy atom. The molecule has 2 aromatic rings. The average Bonchev–Trinajstić information content (AvgIpc) is 2.85. The lowest BCUT2D eigenvalue weighted by Crippen LogP contribution is -2.47. The molecule has 1 saturated heterocycles. The van der Waals surface area contributed by atoms with E-state index in [1.165, 1.54) is 5.69 Å². The minimum Gasteiger partial charge on any atom is -0.493 e. The molecule has 32 heavy (non-hydrogen) atoms. The number of hydrogen-bond acceptors (Lipinski definition) is 6. The smallest absolute Gasteiger partial charge is 0.220 e. The minimum absolute atomic E-state index is 0.0626. The molecule has 1 aliphatic rings. The Balaban J connectivity index is 1.34. The Hall–Kier alpha value is -2.93. The Bertz CT molecular complexity index is 827. The second-order valence-electron chi connectivity index (χ2n) is 7.90. The third-order valence-corrected chi connectivity index (χ3v) is 5.83. The van der Waals surface area contributed by atoms with Gasteiger partial charge in [-0.05, 0) is 49.2 Å². The van der Waals surface area contributed by atoms with Crippen LogP contribution in [0.3, 0.4) is 0 Å². The van der Waals surface area contributed by atoms with Gasteiger partial charge in [0.25, 0.3) is 0 Å². The van der Waals surface area contributed by atoms with Crippen LogP contribution in [0.2, 0.25) is 0 Å². The number of piperazine rings is 1. The molecule has 0 spiro atoms.